The Morgan fingerprint density at radius 3 is 2.21 bits per heavy atom. The second kappa shape index (κ2) is 8.19. The minimum Gasteiger partial charge on any atom is -0.464 e. The van der Waals surface area contributed by atoms with Crippen LogP contribution in [0.5, 0.6) is 0 Å². The summed E-state index contributed by atoms with van der Waals surface area (Å²) in [6.07, 6.45) is 7.34. The molecule has 34 heavy (non-hydrogen) atoms. The van der Waals surface area contributed by atoms with Gasteiger partial charge in [-0.25, -0.2) is 0 Å². The fraction of sp³-hybridized carbons (Fsp3) is 0.929. The van der Waals surface area contributed by atoms with Crippen LogP contribution in [-0.2, 0) is 28.5 Å². The Balaban J connectivity index is 1.14. The molecule has 0 aromatic heterocycles. The summed E-state index contributed by atoms with van der Waals surface area (Å²) in [5, 5.41) is 0. The van der Waals surface area contributed by atoms with Gasteiger partial charge in [0, 0.05) is 11.8 Å². The maximum atomic E-state index is 12.9. The Labute approximate surface area is 203 Å². The van der Waals surface area contributed by atoms with Gasteiger partial charge < -0.3 is 18.9 Å². The van der Waals surface area contributed by atoms with Crippen molar-refractivity contribution in [1.82, 2.24) is 0 Å². The van der Waals surface area contributed by atoms with E-state index in [2.05, 4.69) is 13.8 Å². The van der Waals surface area contributed by atoms with Crippen molar-refractivity contribution in [2.45, 2.75) is 109 Å². The second-order valence-electron chi connectivity index (χ2n) is 13.5. The lowest BCUT2D eigenvalue weighted by atomic mass is 9.68. The molecule has 0 spiro atoms. The molecule has 0 amide bonds. The smallest absolute Gasteiger partial charge is 0.309 e. The highest BCUT2D eigenvalue weighted by molar-refractivity contribution is 5.74. The monoisotopic (exact) mass is 474 g/mol. The molecule has 190 valence electrons. The predicted molar refractivity (Wildman–Crippen MR) is 125 cm³/mol. The van der Waals surface area contributed by atoms with Crippen LogP contribution < -0.4 is 0 Å². The van der Waals surface area contributed by atoms with Crippen molar-refractivity contribution >= 4 is 12.4 Å². The average molecular weight is 475 g/mol. The van der Waals surface area contributed by atoms with E-state index < -0.39 is 5.60 Å². The third-order valence-electron chi connectivity index (χ3n) is 10.5. The van der Waals surface area contributed by atoms with E-state index >= 15 is 0 Å². The van der Waals surface area contributed by atoms with Crippen LogP contribution in [0, 0.1) is 53.3 Å². The third kappa shape index (κ3) is 3.65. The van der Waals surface area contributed by atoms with E-state index in [-0.39, 0.29) is 42.4 Å². The van der Waals surface area contributed by atoms with Crippen LogP contribution in [-0.4, -0.2) is 48.6 Å². The molecule has 4 bridgehead atoms. The zero-order valence-electron chi connectivity index (χ0n) is 21.4. The lowest BCUT2D eigenvalue weighted by Gasteiger charge is -2.51. The zero-order chi connectivity index (χ0) is 23.9. The molecule has 2 heterocycles. The number of hydrogen-bond acceptors (Lipinski definition) is 6. The molecule has 0 aromatic rings. The minimum absolute atomic E-state index is 0.0105. The Morgan fingerprint density at radius 2 is 1.47 bits per heavy atom. The topological polar surface area (TPSA) is 71.1 Å². The Bertz CT molecular complexity index is 820. The zero-order valence-corrected chi connectivity index (χ0v) is 21.4. The number of hydrogen-bond donors (Lipinski definition) is 0. The molecule has 14 atom stereocenters. The lowest BCUT2D eigenvalue weighted by molar-refractivity contribution is -0.218. The fourth-order valence-electron chi connectivity index (χ4n) is 9.35. The summed E-state index contributed by atoms with van der Waals surface area (Å²) in [5.74, 6) is 3.88. The van der Waals surface area contributed by atoms with Gasteiger partial charge in [-0.1, -0.05) is 6.92 Å². The van der Waals surface area contributed by atoms with Crippen molar-refractivity contribution in [3.05, 3.63) is 0 Å². The Hall–Kier alpha value is -1.14. The maximum Gasteiger partial charge on any atom is 0.309 e. The lowest BCUT2D eigenvalue weighted by Crippen LogP contribution is -2.55. The van der Waals surface area contributed by atoms with Gasteiger partial charge in [0.15, 0.2) is 0 Å². The summed E-state index contributed by atoms with van der Waals surface area (Å²) in [5.41, 5.74) is -0.439. The summed E-state index contributed by atoms with van der Waals surface area (Å²) >= 11 is 0. The van der Waals surface area contributed by atoms with Crippen LogP contribution in [0.15, 0.2) is 0 Å². The number of esters is 1. The van der Waals surface area contributed by atoms with E-state index in [0.29, 0.717) is 53.8 Å². The standard InChI is InChI=1S/C28H42O6/c1-13-6-18-16-9-22(23(10-16)31-12-29)26(18)33-24(13)17-11-19-15-7-20(25(19)32-14(17)2)21(8-15)27(30)34-28(3,4)5/h12-26H,6-11H2,1-5H3. The highest BCUT2D eigenvalue weighted by Crippen LogP contribution is 2.60. The quantitative estimate of drug-likeness (QED) is 0.445. The van der Waals surface area contributed by atoms with Gasteiger partial charge in [-0.3, -0.25) is 9.59 Å². The van der Waals surface area contributed by atoms with Crippen LogP contribution >= 0.6 is 0 Å². The molecule has 2 aliphatic heterocycles. The van der Waals surface area contributed by atoms with Gasteiger partial charge in [0.25, 0.3) is 6.47 Å². The van der Waals surface area contributed by atoms with Gasteiger partial charge in [-0.05, 0) is 102 Å². The predicted octanol–water partition coefficient (Wildman–Crippen LogP) is 4.39. The van der Waals surface area contributed by atoms with Gasteiger partial charge >= 0.3 is 5.97 Å². The average Bonchev–Trinajstić information content (AvgIpc) is 3.51. The first kappa shape index (κ1) is 23.3. The number of carbonyl (C=O) groups is 2. The minimum atomic E-state index is -0.439. The van der Waals surface area contributed by atoms with Gasteiger partial charge in [0.2, 0.25) is 0 Å². The number of carbonyl (C=O) groups excluding carboxylic acids is 2. The molecule has 4 saturated carbocycles. The Morgan fingerprint density at radius 1 is 0.794 bits per heavy atom. The first-order chi connectivity index (χ1) is 16.1. The molecular formula is C28H42O6. The molecule has 6 rings (SSSR count). The highest BCUT2D eigenvalue weighted by Gasteiger charge is 2.62. The molecule has 6 nitrogen and oxygen atoms in total. The highest BCUT2D eigenvalue weighted by atomic mass is 16.6. The van der Waals surface area contributed by atoms with Crippen LogP contribution in [0.2, 0.25) is 0 Å². The third-order valence-corrected chi connectivity index (χ3v) is 10.5. The molecule has 0 aromatic carbocycles. The SMILES string of the molecule is CC1CC2C3CC(OC=O)C(C3)C2OC1C1CC2C3CC(C(=O)OC(C)(C)C)C(C3)C2OC1C. The normalized spacial score (nSPS) is 53.3. The number of rotatable bonds is 4. The summed E-state index contributed by atoms with van der Waals surface area (Å²) in [6.45, 7) is 11.1. The van der Waals surface area contributed by atoms with E-state index in [9.17, 15) is 9.59 Å². The molecule has 0 N–H and O–H groups in total. The van der Waals surface area contributed by atoms with Crippen LogP contribution in [0.3, 0.4) is 0 Å². The van der Waals surface area contributed by atoms with Crippen LogP contribution in [0.1, 0.15) is 73.1 Å². The van der Waals surface area contributed by atoms with Gasteiger partial charge in [-0.2, -0.15) is 0 Å². The molecular weight excluding hydrogens is 432 g/mol. The summed E-state index contributed by atoms with van der Waals surface area (Å²) < 4.78 is 24.9. The van der Waals surface area contributed by atoms with Gasteiger partial charge in [0.1, 0.15) is 11.7 Å². The maximum absolute atomic E-state index is 12.9. The van der Waals surface area contributed by atoms with Gasteiger partial charge in [-0.15, -0.1) is 0 Å². The summed E-state index contributed by atoms with van der Waals surface area (Å²) in [7, 11) is 0. The van der Waals surface area contributed by atoms with Crippen molar-refractivity contribution in [2.75, 3.05) is 0 Å². The first-order valence-corrected chi connectivity index (χ1v) is 13.8. The van der Waals surface area contributed by atoms with E-state index in [1.54, 1.807) is 0 Å². The molecule has 6 aliphatic rings. The molecule has 4 aliphatic carbocycles. The van der Waals surface area contributed by atoms with Gasteiger partial charge in [0.05, 0.1) is 30.3 Å². The molecule has 0 radical (unpaired) electrons. The van der Waals surface area contributed by atoms with E-state index in [0.717, 1.165) is 32.1 Å². The largest absolute Gasteiger partial charge is 0.464 e. The van der Waals surface area contributed by atoms with Crippen molar-refractivity contribution in [3.63, 3.8) is 0 Å². The van der Waals surface area contributed by atoms with Crippen molar-refractivity contribution in [2.24, 2.45) is 53.3 Å². The summed E-state index contributed by atoms with van der Waals surface area (Å²) in [4.78, 5) is 23.9. The van der Waals surface area contributed by atoms with Crippen LogP contribution in [0.25, 0.3) is 0 Å². The van der Waals surface area contributed by atoms with Crippen molar-refractivity contribution in [3.8, 4) is 0 Å². The second-order valence-corrected chi connectivity index (χ2v) is 13.5. The summed E-state index contributed by atoms with van der Waals surface area (Å²) in [6, 6.07) is 0. The van der Waals surface area contributed by atoms with Crippen molar-refractivity contribution in [1.29, 1.82) is 0 Å². The Kier molecular flexibility index (Phi) is 5.61. The molecule has 14 unspecified atom stereocenters. The van der Waals surface area contributed by atoms with Crippen LogP contribution in [0.4, 0.5) is 0 Å². The van der Waals surface area contributed by atoms with E-state index in [1.165, 1.54) is 6.42 Å². The molecule has 2 saturated heterocycles. The first-order valence-electron chi connectivity index (χ1n) is 13.8. The molecule has 6 fully saturated rings. The number of ether oxygens (including phenoxy) is 4. The van der Waals surface area contributed by atoms with E-state index in [1.807, 2.05) is 20.8 Å². The van der Waals surface area contributed by atoms with E-state index in [4.69, 9.17) is 18.9 Å². The molecule has 6 heteroatoms. The van der Waals surface area contributed by atoms with Crippen molar-refractivity contribution < 1.29 is 28.5 Å². The number of fused-ring (bicyclic) bond motifs is 10. The fourth-order valence-corrected chi connectivity index (χ4v) is 9.35.